The normalized spacial score (nSPS) is 18.1. The molecule has 0 aromatic heterocycles. The minimum Gasteiger partial charge on any atom is -0.409 e. The fraction of sp³-hybridized carbons (Fsp3) is 0.417. The highest BCUT2D eigenvalue weighted by molar-refractivity contribution is 5.97. The average molecular weight is 237 g/mol. The molecule has 2 rings (SSSR count). The van der Waals surface area contributed by atoms with Crippen LogP contribution in [0.5, 0.6) is 0 Å². The molecule has 1 aliphatic carbocycles. The molecule has 1 aromatic rings. The van der Waals surface area contributed by atoms with E-state index >= 15 is 0 Å². The van der Waals surface area contributed by atoms with E-state index in [-0.39, 0.29) is 17.2 Å². The molecule has 0 amide bonds. The molecule has 0 radical (unpaired) electrons. The molecule has 17 heavy (non-hydrogen) atoms. The Morgan fingerprint density at radius 1 is 1.59 bits per heavy atom. The van der Waals surface area contributed by atoms with Crippen LogP contribution in [0.4, 0.5) is 4.39 Å². The van der Waals surface area contributed by atoms with Crippen molar-refractivity contribution in [3.05, 3.63) is 35.1 Å². The van der Waals surface area contributed by atoms with Crippen molar-refractivity contribution >= 4 is 5.84 Å². The van der Waals surface area contributed by atoms with Crippen LogP contribution in [-0.4, -0.2) is 16.6 Å². The first-order chi connectivity index (χ1) is 8.04. The van der Waals surface area contributed by atoms with Gasteiger partial charge in [0, 0.05) is 23.2 Å². The van der Waals surface area contributed by atoms with Gasteiger partial charge < -0.3 is 16.3 Å². The Bertz CT molecular complexity index is 455. The van der Waals surface area contributed by atoms with Gasteiger partial charge in [-0.3, -0.25) is 0 Å². The monoisotopic (exact) mass is 237 g/mol. The van der Waals surface area contributed by atoms with Gasteiger partial charge in [-0.15, -0.1) is 0 Å². The fourth-order valence-electron chi connectivity index (χ4n) is 1.58. The summed E-state index contributed by atoms with van der Waals surface area (Å²) in [6.07, 6.45) is 2.27. The third kappa shape index (κ3) is 2.74. The summed E-state index contributed by atoms with van der Waals surface area (Å²) in [6.45, 7) is 2.62. The zero-order chi connectivity index (χ0) is 12.5. The van der Waals surface area contributed by atoms with Crippen molar-refractivity contribution in [1.82, 2.24) is 5.32 Å². The molecule has 1 aliphatic rings. The van der Waals surface area contributed by atoms with E-state index in [0.717, 1.165) is 12.8 Å². The lowest BCUT2D eigenvalue weighted by Crippen LogP contribution is -2.27. The number of hydrogen-bond donors (Lipinski definition) is 3. The molecule has 0 unspecified atom stereocenters. The summed E-state index contributed by atoms with van der Waals surface area (Å²) in [6, 6.07) is 4.58. The maximum absolute atomic E-state index is 13.7. The number of hydrogen-bond acceptors (Lipinski definition) is 3. The van der Waals surface area contributed by atoms with Crippen LogP contribution in [0.2, 0.25) is 0 Å². The van der Waals surface area contributed by atoms with E-state index in [0.29, 0.717) is 17.7 Å². The summed E-state index contributed by atoms with van der Waals surface area (Å²) in [4.78, 5) is 0. The van der Waals surface area contributed by atoms with E-state index in [4.69, 9.17) is 10.9 Å². The van der Waals surface area contributed by atoms with Crippen molar-refractivity contribution in [3.63, 3.8) is 0 Å². The maximum Gasteiger partial charge on any atom is 0.170 e. The minimum atomic E-state index is -0.342. The van der Waals surface area contributed by atoms with Gasteiger partial charge in [0.2, 0.25) is 0 Å². The van der Waals surface area contributed by atoms with Crippen LogP contribution in [0, 0.1) is 5.82 Å². The average Bonchev–Trinajstić information content (AvgIpc) is 3.05. The largest absolute Gasteiger partial charge is 0.409 e. The number of benzene rings is 1. The molecule has 0 atom stereocenters. The molecule has 92 valence electrons. The van der Waals surface area contributed by atoms with Gasteiger partial charge >= 0.3 is 0 Å². The predicted octanol–water partition coefficient (Wildman–Crippen LogP) is 1.56. The third-order valence-electron chi connectivity index (χ3n) is 3.16. The fourth-order valence-corrected chi connectivity index (χ4v) is 1.58. The van der Waals surface area contributed by atoms with Gasteiger partial charge in [-0.05, 0) is 25.8 Å². The van der Waals surface area contributed by atoms with E-state index in [1.807, 2.05) is 0 Å². The van der Waals surface area contributed by atoms with Crippen LogP contribution in [0.15, 0.2) is 23.4 Å². The van der Waals surface area contributed by atoms with Crippen molar-refractivity contribution in [3.8, 4) is 0 Å². The molecule has 0 heterocycles. The number of nitrogens with zero attached hydrogens (tertiary/aromatic N) is 1. The molecular formula is C12H16FN3O. The lowest BCUT2D eigenvalue weighted by Gasteiger charge is -2.12. The van der Waals surface area contributed by atoms with Crippen LogP contribution in [0.1, 0.15) is 30.9 Å². The number of oxime groups is 1. The van der Waals surface area contributed by atoms with Crippen LogP contribution in [-0.2, 0) is 6.54 Å². The van der Waals surface area contributed by atoms with Crippen LogP contribution < -0.4 is 11.1 Å². The molecule has 4 N–H and O–H groups in total. The standard InChI is InChI=1S/C12H16FN3O/c1-12(4-5-12)15-7-9-3-2-8(6-10(9)13)11(14)16-17/h2-3,6,15,17H,4-5,7H2,1H3,(H2,14,16). The van der Waals surface area contributed by atoms with Gasteiger partial charge in [-0.1, -0.05) is 17.3 Å². The molecular weight excluding hydrogens is 221 g/mol. The molecule has 1 fully saturated rings. The molecule has 5 heteroatoms. The minimum absolute atomic E-state index is 0.0856. The molecule has 0 bridgehead atoms. The van der Waals surface area contributed by atoms with Crippen LogP contribution >= 0.6 is 0 Å². The SMILES string of the molecule is CC1(NCc2ccc(/C(N)=N/O)cc2F)CC1. The van der Waals surface area contributed by atoms with Crippen LogP contribution in [0.3, 0.4) is 0 Å². The van der Waals surface area contributed by atoms with E-state index in [2.05, 4.69) is 17.4 Å². The number of amidine groups is 1. The third-order valence-corrected chi connectivity index (χ3v) is 3.16. The summed E-state index contributed by atoms with van der Waals surface area (Å²) >= 11 is 0. The lowest BCUT2D eigenvalue weighted by molar-refractivity contribution is 0.318. The molecule has 1 aromatic carbocycles. The van der Waals surface area contributed by atoms with E-state index in [1.54, 1.807) is 12.1 Å². The van der Waals surface area contributed by atoms with E-state index in [9.17, 15) is 4.39 Å². The number of nitrogens with two attached hydrogens (primary N) is 1. The van der Waals surface area contributed by atoms with Crippen LogP contribution in [0.25, 0.3) is 0 Å². The molecule has 0 spiro atoms. The number of halogens is 1. The summed E-state index contributed by atoms with van der Waals surface area (Å²) in [5.74, 6) is -0.427. The highest BCUT2D eigenvalue weighted by atomic mass is 19.1. The summed E-state index contributed by atoms with van der Waals surface area (Å²) in [5.41, 5.74) is 6.53. The van der Waals surface area contributed by atoms with E-state index in [1.165, 1.54) is 6.07 Å². The van der Waals surface area contributed by atoms with Crippen molar-refractivity contribution in [2.45, 2.75) is 31.8 Å². The van der Waals surface area contributed by atoms with Crippen molar-refractivity contribution in [2.24, 2.45) is 10.9 Å². The van der Waals surface area contributed by atoms with Gasteiger partial charge in [-0.25, -0.2) is 4.39 Å². The highest BCUT2D eigenvalue weighted by Crippen LogP contribution is 2.34. The Morgan fingerprint density at radius 2 is 2.29 bits per heavy atom. The maximum atomic E-state index is 13.7. The van der Waals surface area contributed by atoms with Crippen molar-refractivity contribution < 1.29 is 9.60 Å². The van der Waals surface area contributed by atoms with E-state index < -0.39 is 0 Å². The first-order valence-electron chi connectivity index (χ1n) is 5.55. The van der Waals surface area contributed by atoms with Gasteiger partial charge in [0.1, 0.15) is 5.82 Å². The Morgan fingerprint density at radius 3 is 2.82 bits per heavy atom. The summed E-state index contributed by atoms with van der Waals surface area (Å²) in [7, 11) is 0. The van der Waals surface area contributed by atoms with Crippen molar-refractivity contribution in [1.29, 1.82) is 0 Å². The molecule has 4 nitrogen and oxygen atoms in total. The molecule has 0 aliphatic heterocycles. The van der Waals surface area contributed by atoms with Gasteiger partial charge in [0.15, 0.2) is 5.84 Å². The summed E-state index contributed by atoms with van der Waals surface area (Å²) < 4.78 is 13.7. The Hall–Kier alpha value is -1.62. The number of nitrogens with one attached hydrogen (secondary N) is 1. The first kappa shape index (κ1) is 11.9. The Labute approximate surface area is 99.3 Å². The molecule has 1 saturated carbocycles. The second-order valence-corrected chi connectivity index (χ2v) is 4.71. The van der Waals surface area contributed by atoms with Gasteiger partial charge in [0.05, 0.1) is 0 Å². The Balaban J connectivity index is 2.08. The second-order valence-electron chi connectivity index (χ2n) is 4.71. The summed E-state index contributed by atoms with van der Waals surface area (Å²) in [5, 5.41) is 14.6. The predicted molar refractivity (Wildman–Crippen MR) is 63.4 cm³/mol. The smallest absolute Gasteiger partial charge is 0.170 e. The van der Waals surface area contributed by atoms with Gasteiger partial charge in [0.25, 0.3) is 0 Å². The Kier molecular flexibility index (Phi) is 3.02. The zero-order valence-corrected chi connectivity index (χ0v) is 9.70. The molecule has 0 saturated heterocycles. The lowest BCUT2D eigenvalue weighted by atomic mass is 10.1. The quantitative estimate of drug-likeness (QED) is 0.322. The van der Waals surface area contributed by atoms with Crippen molar-refractivity contribution in [2.75, 3.05) is 0 Å². The zero-order valence-electron chi connectivity index (χ0n) is 9.70. The first-order valence-corrected chi connectivity index (χ1v) is 5.55. The second kappa shape index (κ2) is 4.33. The highest BCUT2D eigenvalue weighted by Gasteiger charge is 2.36. The topological polar surface area (TPSA) is 70.6 Å². The van der Waals surface area contributed by atoms with Gasteiger partial charge in [-0.2, -0.15) is 0 Å². The number of rotatable bonds is 4.